The van der Waals surface area contributed by atoms with Crippen LogP contribution in [0.5, 0.6) is 0 Å². The molecule has 2 heteroatoms. The van der Waals surface area contributed by atoms with Crippen molar-refractivity contribution in [2.24, 2.45) is 0 Å². The van der Waals surface area contributed by atoms with E-state index in [1.165, 1.54) is 50.4 Å². The van der Waals surface area contributed by atoms with E-state index < -0.39 is 0 Å². The van der Waals surface area contributed by atoms with Crippen molar-refractivity contribution >= 4 is 5.69 Å². The average Bonchev–Trinajstić information content (AvgIpc) is 2.40. The summed E-state index contributed by atoms with van der Waals surface area (Å²) >= 11 is 0. The predicted octanol–water partition coefficient (Wildman–Crippen LogP) is 2.78. The molecule has 1 aliphatic rings. The van der Waals surface area contributed by atoms with E-state index in [2.05, 4.69) is 47.9 Å². The highest BCUT2D eigenvalue weighted by molar-refractivity contribution is 5.48. The van der Waals surface area contributed by atoms with Crippen LogP contribution < -0.4 is 4.90 Å². The molecule has 94 valence electrons. The van der Waals surface area contributed by atoms with Crippen molar-refractivity contribution in [2.75, 3.05) is 37.6 Å². The van der Waals surface area contributed by atoms with Gasteiger partial charge in [0.1, 0.15) is 0 Å². The summed E-state index contributed by atoms with van der Waals surface area (Å²) in [7, 11) is 0. The van der Waals surface area contributed by atoms with Gasteiger partial charge in [0.2, 0.25) is 0 Å². The van der Waals surface area contributed by atoms with Crippen molar-refractivity contribution in [3.63, 3.8) is 0 Å². The van der Waals surface area contributed by atoms with Crippen LogP contribution >= 0.6 is 0 Å². The molecule has 0 spiro atoms. The second kappa shape index (κ2) is 6.06. The molecular weight excluding hydrogens is 208 g/mol. The van der Waals surface area contributed by atoms with Gasteiger partial charge in [0.15, 0.2) is 0 Å². The fourth-order valence-electron chi connectivity index (χ4n) is 2.49. The lowest BCUT2D eigenvalue weighted by Gasteiger charge is -2.36. The molecule has 2 nitrogen and oxygen atoms in total. The monoisotopic (exact) mass is 232 g/mol. The van der Waals surface area contributed by atoms with Crippen LogP contribution in [0.1, 0.15) is 25.8 Å². The maximum atomic E-state index is 2.57. The van der Waals surface area contributed by atoms with Gasteiger partial charge < -0.3 is 4.90 Å². The first-order valence-corrected chi connectivity index (χ1v) is 6.89. The molecule has 0 saturated carbocycles. The van der Waals surface area contributed by atoms with E-state index in [1.54, 1.807) is 0 Å². The Labute approximate surface area is 105 Å². The highest BCUT2D eigenvalue weighted by Gasteiger charge is 2.15. The summed E-state index contributed by atoms with van der Waals surface area (Å²) in [6.45, 7) is 10.5. The number of nitrogens with zero attached hydrogens (tertiary/aromatic N) is 2. The van der Waals surface area contributed by atoms with Crippen molar-refractivity contribution in [2.45, 2.75) is 26.7 Å². The van der Waals surface area contributed by atoms with Crippen LogP contribution in [0.4, 0.5) is 5.69 Å². The Morgan fingerprint density at radius 2 is 1.59 bits per heavy atom. The van der Waals surface area contributed by atoms with E-state index in [-0.39, 0.29) is 0 Å². The minimum absolute atomic E-state index is 1.13. The zero-order chi connectivity index (χ0) is 12.1. The number of benzene rings is 1. The third kappa shape index (κ3) is 3.22. The summed E-state index contributed by atoms with van der Waals surface area (Å²) in [5, 5.41) is 0. The van der Waals surface area contributed by atoms with Crippen LogP contribution in [-0.4, -0.2) is 37.6 Å². The molecular formula is C15H24N2. The Bertz CT molecular complexity index is 323. The Hall–Kier alpha value is -1.02. The summed E-state index contributed by atoms with van der Waals surface area (Å²) in [6, 6.07) is 9.06. The summed E-state index contributed by atoms with van der Waals surface area (Å²) in [6.07, 6.45) is 2.40. The first kappa shape index (κ1) is 12.4. The van der Waals surface area contributed by atoms with Crippen molar-refractivity contribution in [1.29, 1.82) is 0 Å². The molecule has 0 unspecified atom stereocenters. The number of aryl methyl sites for hydroxylation is 1. The highest BCUT2D eigenvalue weighted by Crippen LogP contribution is 2.17. The first-order valence-electron chi connectivity index (χ1n) is 6.89. The van der Waals surface area contributed by atoms with Gasteiger partial charge in [-0.05, 0) is 37.1 Å². The zero-order valence-corrected chi connectivity index (χ0v) is 11.2. The third-order valence-electron chi connectivity index (χ3n) is 3.62. The number of piperazine rings is 1. The molecule has 0 aliphatic carbocycles. The lowest BCUT2D eigenvalue weighted by atomic mass is 10.1. The summed E-state index contributed by atoms with van der Waals surface area (Å²) < 4.78 is 0. The van der Waals surface area contributed by atoms with E-state index in [9.17, 15) is 0 Å². The van der Waals surface area contributed by atoms with Crippen molar-refractivity contribution in [3.05, 3.63) is 29.8 Å². The molecule has 1 aliphatic heterocycles. The summed E-state index contributed by atoms with van der Waals surface area (Å²) in [5.74, 6) is 0. The van der Waals surface area contributed by atoms with E-state index in [4.69, 9.17) is 0 Å². The van der Waals surface area contributed by atoms with Gasteiger partial charge >= 0.3 is 0 Å². The summed E-state index contributed by atoms with van der Waals surface area (Å²) in [5.41, 5.74) is 2.82. The van der Waals surface area contributed by atoms with Gasteiger partial charge in [-0.3, -0.25) is 4.90 Å². The fourth-order valence-corrected chi connectivity index (χ4v) is 2.49. The Balaban J connectivity index is 1.91. The van der Waals surface area contributed by atoms with Gasteiger partial charge in [-0.15, -0.1) is 0 Å². The number of rotatable bonds is 4. The highest BCUT2D eigenvalue weighted by atomic mass is 15.3. The molecule has 0 atom stereocenters. The number of hydrogen-bond acceptors (Lipinski definition) is 2. The predicted molar refractivity (Wildman–Crippen MR) is 74.8 cm³/mol. The molecule has 1 fully saturated rings. The van der Waals surface area contributed by atoms with Gasteiger partial charge in [0.05, 0.1) is 0 Å². The molecule has 0 bridgehead atoms. The average molecular weight is 232 g/mol. The van der Waals surface area contributed by atoms with Crippen LogP contribution in [0.25, 0.3) is 0 Å². The topological polar surface area (TPSA) is 6.48 Å². The van der Waals surface area contributed by atoms with Crippen LogP contribution in [0, 0.1) is 0 Å². The van der Waals surface area contributed by atoms with Gasteiger partial charge in [-0.25, -0.2) is 0 Å². The van der Waals surface area contributed by atoms with Crippen LogP contribution in [0.3, 0.4) is 0 Å². The molecule has 1 aromatic carbocycles. The third-order valence-corrected chi connectivity index (χ3v) is 3.62. The Morgan fingerprint density at radius 1 is 0.941 bits per heavy atom. The van der Waals surface area contributed by atoms with Crippen LogP contribution in [-0.2, 0) is 6.42 Å². The largest absolute Gasteiger partial charge is 0.369 e. The first-order chi connectivity index (χ1) is 8.33. The second-order valence-corrected chi connectivity index (χ2v) is 4.85. The molecule has 1 heterocycles. The zero-order valence-electron chi connectivity index (χ0n) is 11.2. The lowest BCUT2D eigenvalue weighted by Crippen LogP contribution is -2.46. The molecule has 0 N–H and O–H groups in total. The van der Waals surface area contributed by atoms with E-state index in [0.717, 1.165) is 6.42 Å². The molecule has 1 saturated heterocycles. The number of anilines is 1. The Kier molecular flexibility index (Phi) is 4.43. The van der Waals surface area contributed by atoms with E-state index in [0.29, 0.717) is 0 Å². The normalized spacial score (nSPS) is 17.4. The van der Waals surface area contributed by atoms with Gasteiger partial charge in [0.25, 0.3) is 0 Å². The minimum atomic E-state index is 1.13. The minimum Gasteiger partial charge on any atom is -0.369 e. The lowest BCUT2D eigenvalue weighted by molar-refractivity contribution is 0.258. The maximum absolute atomic E-state index is 2.57. The van der Waals surface area contributed by atoms with E-state index >= 15 is 0 Å². The second-order valence-electron chi connectivity index (χ2n) is 4.85. The molecule has 17 heavy (non-hydrogen) atoms. The van der Waals surface area contributed by atoms with Crippen molar-refractivity contribution in [3.8, 4) is 0 Å². The van der Waals surface area contributed by atoms with Crippen LogP contribution in [0.15, 0.2) is 24.3 Å². The van der Waals surface area contributed by atoms with Crippen LogP contribution in [0.2, 0.25) is 0 Å². The van der Waals surface area contributed by atoms with Crippen molar-refractivity contribution in [1.82, 2.24) is 4.90 Å². The van der Waals surface area contributed by atoms with Gasteiger partial charge in [-0.1, -0.05) is 26.0 Å². The standard InChI is InChI=1S/C15H24N2/c1-3-9-16-10-12-17(13-11-16)15-7-5-14(4-2)6-8-15/h5-8H,3-4,9-13H2,1-2H3. The Morgan fingerprint density at radius 3 is 2.12 bits per heavy atom. The molecule has 0 aromatic heterocycles. The molecule has 0 radical (unpaired) electrons. The smallest absolute Gasteiger partial charge is 0.0367 e. The quantitative estimate of drug-likeness (QED) is 0.787. The fraction of sp³-hybridized carbons (Fsp3) is 0.600. The molecule has 2 rings (SSSR count). The number of hydrogen-bond donors (Lipinski definition) is 0. The van der Waals surface area contributed by atoms with Crippen molar-refractivity contribution < 1.29 is 0 Å². The van der Waals surface area contributed by atoms with Gasteiger partial charge in [0, 0.05) is 31.9 Å². The molecule has 0 amide bonds. The SMILES string of the molecule is CCCN1CCN(c2ccc(CC)cc2)CC1. The van der Waals surface area contributed by atoms with E-state index in [1.807, 2.05) is 0 Å². The molecule has 1 aromatic rings. The maximum Gasteiger partial charge on any atom is 0.0367 e. The van der Waals surface area contributed by atoms with Gasteiger partial charge in [-0.2, -0.15) is 0 Å². The summed E-state index contributed by atoms with van der Waals surface area (Å²) in [4.78, 5) is 5.07.